The Morgan fingerprint density at radius 2 is 1.81 bits per heavy atom. The first-order valence-electron chi connectivity index (χ1n) is 10.3. The molecule has 0 radical (unpaired) electrons. The van der Waals surface area contributed by atoms with Gasteiger partial charge in [0.1, 0.15) is 16.3 Å². The molecule has 31 heavy (non-hydrogen) atoms. The minimum atomic E-state index is -0.454. The normalized spacial score (nSPS) is 10.6. The lowest BCUT2D eigenvalue weighted by Gasteiger charge is -2.11. The molecule has 2 aromatic carbocycles. The summed E-state index contributed by atoms with van der Waals surface area (Å²) in [6.07, 6.45) is 0.815. The van der Waals surface area contributed by atoms with Crippen LogP contribution in [0.15, 0.2) is 47.8 Å². The summed E-state index contributed by atoms with van der Waals surface area (Å²) >= 11 is 1.30. The molecule has 0 bridgehead atoms. The summed E-state index contributed by atoms with van der Waals surface area (Å²) in [7, 11) is 0. The van der Waals surface area contributed by atoms with Crippen molar-refractivity contribution in [2.45, 2.75) is 34.1 Å². The molecule has 0 spiro atoms. The number of hydrogen-bond donors (Lipinski definition) is 1. The van der Waals surface area contributed by atoms with Crippen LogP contribution < -0.4 is 10.1 Å². The van der Waals surface area contributed by atoms with Crippen molar-refractivity contribution in [1.82, 2.24) is 0 Å². The summed E-state index contributed by atoms with van der Waals surface area (Å²) in [4.78, 5) is 25.3. The molecule has 0 fully saturated rings. The van der Waals surface area contributed by atoms with Gasteiger partial charge in [-0.2, -0.15) is 0 Å². The predicted octanol–water partition coefficient (Wildman–Crippen LogP) is 5.79. The molecule has 1 heterocycles. The lowest BCUT2D eigenvalue weighted by Crippen LogP contribution is -2.21. The van der Waals surface area contributed by atoms with Crippen LogP contribution >= 0.6 is 11.3 Å². The van der Waals surface area contributed by atoms with E-state index in [9.17, 15) is 9.59 Å². The number of esters is 1. The molecule has 6 heteroatoms. The number of benzene rings is 2. The highest BCUT2D eigenvalue weighted by Crippen LogP contribution is 2.37. The fourth-order valence-electron chi connectivity index (χ4n) is 3.22. The lowest BCUT2D eigenvalue weighted by atomic mass is 9.99. The fourth-order valence-corrected chi connectivity index (χ4v) is 4.19. The van der Waals surface area contributed by atoms with E-state index in [0.29, 0.717) is 16.3 Å². The van der Waals surface area contributed by atoms with Crippen LogP contribution in [0.25, 0.3) is 11.1 Å². The SMILES string of the molecule is CCOC(=O)c1c(-c2ccc(C)c(C)c2)csc1NC(=O)COc1ccccc1CC. The molecule has 1 aromatic heterocycles. The van der Waals surface area contributed by atoms with E-state index in [0.717, 1.165) is 28.7 Å². The molecule has 0 atom stereocenters. The van der Waals surface area contributed by atoms with E-state index in [1.54, 1.807) is 6.92 Å². The van der Waals surface area contributed by atoms with Gasteiger partial charge in [0.05, 0.1) is 6.61 Å². The summed E-state index contributed by atoms with van der Waals surface area (Å²) in [6, 6.07) is 13.7. The van der Waals surface area contributed by atoms with Crippen molar-refractivity contribution in [2.24, 2.45) is 0 Å². The van der Waals surface area contributed by atoms with Gasteiger partial charge in [0.2, 0.25) is 0 Å². The Balaban J connectivity index is 1.83. The average Bonchev–Trinajstić information content (AvgIpc) is 3.18. The molecular weight excluding hydrogens is 410 g/mol. The molecule has 0 unspecified atom stereocenters. The number of carbonyl (C=O) groups excluding carboxylic acids is 2. The third-order valence-electron chi connectivity index (χ3n) is 5.05. The Bertz CT molecular complexity index is 1090. The van der Waals surface area contributed by atoms with Crippen molar-refractivity contribution >= 4 is 28.2 Å². The predicted molar refractivity (Wildman–Crippen MR) is 125 cm³/mol. The molecule has 3 aromatic rings. The second kappa shape index (κ2) is 10.3. The smallest absolute Gasteiger partial charge is 0.341 e. The topological polar surface area (TPSA) is 64.6 Å². The van der Waals surface area contributed by atoms with Gasteiger partial charge in [-0.1, -0.05) is 43.3 Å². The van der Waals surface area contributed by atoms with Crippen molar-refractivity contribution in [3.8, 4) is 16.9 Å². The Hall–Kier alpha value is -3.12. The Morgan fingerprint density at radius 1 is 1.03 bits per heavy atom. The first-order chi connectivity index (χ1) is 14.9. The molecule has 0 aliphatic rings. The molecular formula is C25H27NO4S. The van der Waals surface area contributed by atoms with E-state index in [4.69, 9.17) is 9.47 Å². The van der Waals surface area contributed by atoms with Gasteiger partial charge < -0.3 is 14.8 Å². The van der Waals surface area contributed by atoms with E-state index in [2.05, 4.69) is 5.32 Å². The standard InChI is InChI=1S/C25H27NO4S/c1-5-18-9-7-8-10-21(18)30-14-22(27)26-24-23(25(28)29-6-2)20(15-31-24)19-12-11-16(3)17(4)13-19/h7-13,15H,5-6,14H2,1-4H3,(H,26,27). The highest BCUT2D eigenvalue weighted by molar-refractivity contribution is 7.15. The molecule has 3 rings (SSSR count). The van der Waals surface area contributed by atoms with E-state index >= 15 is 0 Å². The summed E-state index contributed by atoms with van der Waals surface area (Å²) in [5.74, 6) is -0.0952. The average molecular weight is 438 g/mol. The molecule has 0 saturated heterocycles. The van der Waals surface area contributed by atoms with E-state index < -0.39 is 5.97 Å². The zero-order valence-electron chi connectivity index (χ0n) is 18.3. The van der Waals surface area contributed by atoms with Crippen molar-refractivity contribution in [2.75, 3.05) is 18.5 Å². The Kier molecular flexibility index (Phi) is 7.47. The number of aryl methyl sites for hydroxylation is 3. The summed E-state index contributed by atoms with van der Waals surface area (Å²) in [5.41, 5.74) is 5.38. The molecule has 1 N–H and O–H groups in total. The maximum atomic E-state index is 12.7. The van der Waals surface area contributed by atoms with Crippen LogP contribution in [0, 0.1) is 13.8 Å². The van der Waals surface area contributed by atoms with Crippen LogP contribution in [0.2, 0.25) is 0 Å². The van der Waals surface area contributed by atoms with Gasteiger partial charge in [-0.25, -0.2) is 4.79 Å². The van der Waals surface area contributed by atoms with Gasteiger partial charge in [0.25, 0.3) is 5.91 Å². The number of rotatable bonds is 8. The number of ether oxygens (including phenoxy) is 2. The minimum absolute atomic E-state index is 0.143. The number of carbonyl (C=O) groups is 2. The number of nitrogens with one attached hydrogen (secondary N) is 1. The van der Waals surface area contributed by atoms with Crippen LogP contribution in [0.3, 0.4) is 0 Å². The van der Waals surface area contributed by atoms with Gasteiger partial charge >= 0.3 is 5.97 Å². The molecule has 1 amide bonds. The van der Waals surface area contributed by atoms with Crippen molar-refractivity contribution in [3.63, 3.8) is 0 Å². The third-order valence-corrected chi connectivity index (χ3v) is 5.95. The highest BCUT2D eigenvalue weighted by Gasteiger charge is 2.23. The number of anilines is 1. The van der Waals surface area contributed by atoms with Gasteiger partial charge in [-0.3, -0.25) is 4.79 Å². The van der Waals surface area contributed by atoms with Crippen molar-refractivity contribution in [1.29, 1.82) is 0 Å². The monoisotopic (exact) mass is 437 g/mol. The Labute approximate surface area is 187 Å². The molecule has 162 valence electrons. The third kappa shape index (κ3) is 5.33. The van der Waals surface area contributed by atoms with Crippen LogP contribution in [-0.2, 0) is 16.0 Å². The molecule has 0 saturated carbocycles. The van der Waals surface area contributed by atoms with Crippen LogP contribution in [0.4, 0.5) is 5.00 Å². The van der Waals surface area contributed by atoms with Gasteiger partial charge in [0, 0.05) is 10.9 Å². The number of amides is 1. The number of para-hydroxylation sites is 1. The first kappa shape index (κ1) is 22.6. The largest absolute Gasteiger partial charge is 0.483 e. The second-order valence-electron chi connectivity index (χ2n) is 7.17. The maximum Gasteiger partial charge on any atom is 0.341 e. The second-order valence-corrected chi connectivity index (χ2v) is 8.05. The number of hydrogen-bond acceptors (Lipinski definition) is 5. The van der Waals surface area contributed by atoms with Crippen molar-refractivity contribution in [3.05, 3.63) is 70.1 Å². The summed E-state index contributed by atoms with van der Waals surface area (Å²) in [5, 5.41) is 5.16. The van der Waals surface area contributed by atoms with E-state index in [1.165, 1.54) is 16.9 Å². The maximum absolute atomic E-state index is 12.7. The van der Waals surface area contributed by atoms with E-state index in [-0.39, 0.29) is 19.1 Å². The summed E-state index contributed by atoms with van der Waals surface area (Å²) < 4.78 is 11.0. The first-order valence-corrected chi connectivity index (χ1v) is 11.2. The van der Waals surface area contributed by atoms with Gasteiger partial charge in [0.15, 0.2) is 6.61 Å². The molecule has 0 aliphatic carbocycles. The van der Waals surface area contributed by atoms with Gasteiger partial charge in [-0.15, -0.1) is 11.3 Å². The van der Waals surface area contributed by atoms with Crippen LogP contribution in [-0.4, -0.2) is 25.1 Å². The van der Waals surface area contributed by atoms with Crippen LogP contribution in [0.5, 0.6) is 5.75 Å². The molecule has 5 nitrogen and oxygen atoms in total. The summed E-state index contributed by atoms with van der Waals surface area (Å²) in [6.45, 7) is 7.98. The number of thiophene rings is 1. The zero-order valence-corrected chi connectivity index (χ0v) is 19.1. The molecule has 0 aliphatic heterocycles. The fraction of sp³-hybridized carbons (Fsp3) is 0.280. The minimum Gasteiger partial charge on any atom is -0.483 e. The quantitative estimate of drug-likeness (QED) is 0.453. The zero-order chi connectivity index (χ0) is 22.4. The Morgan fingerprint density at radius 3 is 2.52 bits per heavy atom. The lowest BCUT2D eigenvalue weighted by molar-refractivity contribution is -0.118. The van der Waals surface area contributed by atoms with E-state index in [1.807, 2.05) is 68.6 Å². The van der Waals surface area contributed by atoms with Crippen LogP contribution in [0.1, 0.15) is 40.9 Å². The highest BCUT2D eigenvalue weighted by atomic mass is 32.1. The van der Waals surface area contributed by atoms with Crippen molar-refractivity contribution < 1.29 is 19.1 Å². The van der Waals surface area contributed by atoms with Gasteiger partial charge in [-0.05, 0) is 55.5 Å².